The molecule has 2 heterocycles. The lowest BCUT2D eigenvalue weighted by atomic mass is 10.0. The quantitative estimate of drug-likeness (QED) is 0.589. The van der Waals surface area contributed by atoms with Gasteiger partial charge in [-0.25, -0.2) is 9.78 Å². The smallest absolute Gasteiger partial charge is 0.331 e. The third-order valence-electron chi connectivity index (χ3n) is 4.96. The van der Waals surface area contributed by atoms with Gasteiger partial charge in [-0.2, -0.15) is 0 Å². The molecule has 6 heteroatoms. The van der Waals surface area contributed by atoms with Gasteiger partial charge < -0.3 is 4.74 Å². The molecule has 0 aliphatic heterocycles. The Morgan fingerprint density at radius 3 is 2.39 bits per heavy atom. The van der Waals surface area contributed by atoms with Crippen molar-refractivity contribution in [2.45, 2.75) is 53.5 Å². The lowest BCUT2D eigenvalue weighted by Gasteiger charge is -2.27. The van der Waals surface area contributed by atoms with E-state index in [-0.39, 0.29) is 12.2 Å². The predicted octanol–water partition coefficient (Wildman–Crippen LogP) is 4.60. The molecule has 148 valence electrons. The third kappa shape index (κ3) is 3.26. The average molecular weight is 399 g/mol. The molecule has 0 saturated heterocycles. The highest BCUT2D eigenvalue weighted by Crippen LogP contribution is 2.36. The second-order valence-electron chi connectivity index (χ2n) is 7.38. The summed E-state index contributed by atoms with van der Waals surface area (Å²) in [5.41, 5.74) is 1.71. The molecule has 0 spiro atoms. The van der Waals surface area contributed by atoms with Crippen molar-refractivity contribution in [2.75, 3.05) is 6.61 Å². The summed E-state index contributed by atoms with van der Waals surface area (Å²) in [6.45, 7) is 11.4. The Labute approximate surface area is 169 Å². The van der Waals surface area contributed by atoms with Gasteiger partial charge in [0.05, 0.1) is 12.0 Å². The van der Waals surface area contributed by atoms with Crippen molar-refractivity contribution < 1.29 is 9.53 Å². The van der Waals surface area contributed by atoms with Crippen LogP contribution >= 0.6 is 11.3 Å². The highest BCUT2D eigenvalue weighted by molar-refractivity contribution is 7.19. The normalized spacial score (nSPS) is 11.8. The lowest BCUT2D eigenvalue weighted by Crippen LogP contribution is -2.45. The van der Waals surface area contributed by atoms with Gasteiger partial charge in [-0.15, -0.1) is 11.3 Å². The molecule has 2 aromatic heterocycles. The maximum absolute atomic E-state index is 13.7. The molecule has 0 bridgehead atoms. The third-order valence-corrected chi connectivity index (χ3v) is 5.96. The summed E-state index contributed by atoms with van der Waals surface area (Å²) in [5.74, 6) is 0.157. The van der Waals surface area contributed by atoms with E-state index in [0.717, 1.165) is 21.6 Å². The van der Waals surface area contributed by atoms with Crippen LogP contribution in [-0.4, -0.2) is 22.1 Å². The zero-order chi connectivity index (χ0) is 20.6. The van der Waals surface area contributed by atoms with E-state index in [1.54, 1.807) is 20.8 Å². The number of aromatic nitrogens is 2. The summed E-state index contributed by atoms with van der Waals surface area (Å²) >= 11 is 1.52. The highest BCUT2D eigenvalue weighted by atomic mass is 32.1. The van der Waals surface area contributed by atoms with Gasteiger partial charge >= 0.3 is 5.97 Å². The summed E-state index contributed by atoms with van der Waals surface area (Å²) in [4.78, 5) is 32.8. The number of carbonyl (C=O) groups is 1. The molecule has 1 aromatic carbocycles. The van der Waals surface area contributed by atoms with E-state index in [0.29, 0.717) is 22.5 Å². The first kappa shape index (κ1) is 20.3. The molecule has 0 fully saturated rings. The average Bonchev–Trinajstić information content (AvgIpc) is 2.98. The van der Waals surface area contributed by atoms with Gasteiger partial charge in [0.15, 0.2) is 0 Å². The molecule has 0 aliphatic rings. The molecule has 0 saturated carbocycles. The van der Waals surface area contributed by atoms with Gasteiger partial charge in [-0.1, -0.05) is 36.8 Å². The SMILES string of the molecule is CCOC(=O)C(C)(C)n1c(CC)nc2sc(C)c(-c3ccc(C)cc3)c2c1=O. The monoisotopic (exact) mass is 398 g/mol. The molecule has 0 N–H and O–H groups in total. The number of hydrogen-bond donors (Lipinski definition) is 0. The van der Waals surface area contributed by atoms with Crippen LogP contribution in [0.1, 0.15) is 44.0 Å². The van der Waals surface area contributed by atoms with Crippen LogP contribution in [0.5, 0.6) is 0 Å². The van der Waals surface area contributed by atoms with Crippen molar-refractivity contribution >= 4 is 27.5 Å². The minimum Gasteiger partial charge on any atom is -0.464 e. The van der Waals surface area contributed by atoms with Crippen molar-refractivity contribution in [2.24, 2.45) is 0 Å². The van der Waals surface area contributed by atoms with Crippen molar-refractivity contribution in [1.82, 2.24) is 9.55 Å². The van der Waals surface area contributed by atoms with Crippen molar-refractivity contribution in [3.05, 3.63) is 50.9 Å². The number of esters is 1. The molecule has 0 atom stereocenters. The van der Waals surface area contributed by atoms with Gasteiger partial charge in [0, 0.05) is 16.9 Å². The van der Waals surface area contributed by atoms with Crippen LogP contribution < -0.4 is 5.56 Å². The summed E-state index contributed by atoms with van der Waals surface area (Å²) in [5, 5.41) is 0.570. The molecule has 0 aliphatic carbocycles. The largest absolute Gasteiger partial charge is 0.464 e. The first-order chi connectivity index (χ1) is 13.2. The van der Waals surface area contributed by atoms with Crippen LogP contribution in [0, 0.1) is 13.8 Å². The summed E-state index contributed by atoms with van der Waals surface area (Å²) in [7, 11) is 0. The van der Waals surface area contributed by atoms with Crippen LogP contribution in [-0.2, 0) is 21.5 Å². The molecule has 28 heavy (non-hydrogen) atoms. The van der Waals surface area contributed by atoms with E-state index in [9.17, 15) is 9.59 Å². The van der Waals surface area contributed by atoms with E-state index in [1.807, 2.05) is 45.0 Å². The molecular weight excluding hydrogens is 372 g/mol. The number of nitrogens with zero attached hydrogens (tertiary/aromatic N) is 2. The summed E-state index contributed by atoms with van der Waals surface area (Å²) in [6.07, 6.45) is 0.546. The maximum atomic E-state index is 13.7. The van der Waals surface area contributed by atoms with E-state index in [4.69, 9.17) is 9.72 Å². The number of rotatable bonds is 5. The number of thiophene rings is 1. The number of ether oxygens (including phenoxy) is 1. The second-order valence-corrected chi connectivity index (χ2v) is 8.58. The molecule has 5 nitrogen and oxygen atoms in total. The van der Waals surface area contributed by atoms with Gasteiger partial charge in [0.2, 0.25) is 0 Å². The maximum Gasteiger partial charge on any atom is 0.331 e. The minimum atomic E-state index is -1.14. The van der Waals surface area contributed by atoms with Crippen LogP contribution in [0.3, 0.4) is 0 Å². The topological polar surface area (TPSA) is 61.2 Å². The lowest BCUT2D eigenvalue weighted by molar-refractivity contribution is -0.152. The van der Waals surface area contributed by atoms with Crippen LogP contribution in [0.2, 0.25) is 0 Å². The Morgan fingerprint density at radius 1 is 1.18 bits per heavy atom. The first-order valence-corrected chi connectivity index (χ1v) is 10.3. The van der Waals surface area contributed by atoms with E-state index >= 15 is 0 Å². The Kier molecular flexibility index (Phi) is 5.44. The Balaban J connectivity index is 2.36. The molecule has 0 radical (unpaired) electrons. The first-order valence-electron chi connectivity index (χ1n) is 9.52. The zero-order valence-corrected chi connectivity index (χ0v) is 18.1. The number of aryl methyl sites for hydroxylation is 3. The molecule has 0 unspecified atom stereocenters. The van der Waals surface area contributed by atoms with Crippen molar-refractivity contribution in [3.63, 3.8) is 0 Å². The fourth-order valence-electron chi connectivity index (χ4n) is 3.48. The number of fused-ring (bicyclic) bond motifs is 1. The number of benzene rings is 1. The van der Waals surface area contributed by atoms with Gasteiger partial charge in [-0.05, 0) is 40.2 Å². The van der Waals surface area contributed by atoms with Gasteiger partial charge in [0.25, 0.3) is 5.56 Å². The minimum absolute atomic E-state index is 0.195. The summed E-state index contributed by atoms with van der Waals surface area (Å²) in [6, 6.07) is 8.12. The van der Waals surface area contributed by atoms with Gasteiger partial charge in [0.1, 0.15) is 16.2 Å². The fraction of sp³-hybridized carbons (Fsp3) is 0.409. The molecule has 3 rings (SSSR count). The number of hydrogen-bond acceptors (Lipinski definition) is 5. The molecule has 0 amide bonds. The Morgan fingerprint density at radius 2 is 1.82 bits per heavy atom. The molecule has 3 aromatic rings. The van der Waals surface area contributed by atoms with Crippen molar-refractivity contribution in [1.29, 1.82) is 0 Å². The van der Waals surface area contributed by atoms with E-state index in [1.165, 1.54) is 15.9 Å². The fourth-order valence-corrected chi connectivity index (χ4v) is 4.54. The van der Waals surface area contributed by atoms with Crippen LogP contribution in [0.25, 0.3) is 21.3 Å². The molecular formula is C22H26N2O3S. The number of carbonyl (C=O) groups excluding carboxylic acids is 1. The standard InChI is InChI=1S/C22H26N2O3S/c1-7-16-23-19-18(20(25)24(16)22(5,6)21(26)27-8-2)17(14(4)28-19)15-11-9-13(3)10-12-15/h9-12H,7-8H2,1-6H3. The second kappa shape index (κ2) is 7.51. The summed E-state index contributed by atoms with van der Waals surface area (Å²) < 4.78 is 6.75. The highest BCUT2D eigenvalue weighted by Gasteiger charge is 2.35. The van der Waals surface area contributed by atoms with E-state index < -0.39 is 11.5 Å². The van der Waals surface area contributed by atoms with Crippen molar-refractivity contribution in [3.8, 4) is 11.1 Å². The van der Waals surface area contributed by atoms with Crippen LogP contribution in [0.4, 0.5) is 0 Å². The Bertz CT molecular complexity index is 1090. The van der Waals surface area contributed by atoms with Gasteiger partial charge in [-0.3, -0.25) is 9.36 Å². The Hall–Kier alpha value is -2.47. The van der Waals surface area contributed by atoms with E-state index in [2.05, 4.69) is 0 Å². The van der Waals surface area contributed by atoms with Crippen LogP contribution in [0.15, 0.2) is 29.1 Å². The zero-order valence-electron chi connectivity index (χ0n) is 17.3. The predicted molar refractivity (Wildman–Crippen MR) is 114 cm³/mol.